The molecule has 0 saturated heterocycles. The smallest absolute Gasteiger partial charge is 0.265 e. The number of anilines is 2. The van der Waals surface area contributed by atoms with E-state index < -0.39 is 16.1 Å². The Morgan fingerprint density at radius 2 is 1.62 bits per heavy atom. The lowest BCUT2D eigenvalue weighted by atomic mass is 10.3. The zero-order valence-electron chi connectivity index (χ0n) is 15.5. The Morgan fingerprint density at radius 1 is 0.931 bits per heavy atom. The van der Waals surface area contributed by atoms with E-state index in [1.54, 1.807) is 61.5 Å². The van der Waals surface area contributed by atoms with Gasteiger partial charge < -0.3 is 10.1 Å². The summed E-state index contributed by atoms with van der Waals surface area (Å²) in [6.07, 6.45) is -0.767. The van der Waals surface area contributed by atoms with E-state index in [9.17, 15) is 13.2 Å². The van der Waals surface area contributed by atoms with Crippen LogP contribution < -0.4 is 14.8 Å². The molecule has 0 unspecified atom stereocenters. The quantitative estimate of drug-likeness (QED) is 0.576. The van der Waals surface area contributed by atoms with E-state index in [1.807, 2.05) is 0 Å². The molecular weight excluding hydrogens is 412 g/mol. The molecule has 29 heavy (non-hydrogen) atoms. The number of carbonyl (C=O) groups excluding carboxylic acids is 1. The van der Waals surface area contributed by atoms with Crippen molar-refractivity contribution in [3.05, 3.63) is 83.9 Å². The van der Waals surface area contributed by atoms with Gasteiger partial charge in [-0.3, -0.25) is 9.52 Å². The van der Waals surface area contributed by atoms with Gasteiger partial charge in [-0.1, -0.05) is 35.9 Å². The van der Waals surface area contributed by atoms with Crippen molar-refractivity contribution in [3.8, 4) is 5.75 Å². The van der Waals surface area contributed by atoms with Crippen LogP contribution in [0.5, 0.6) is 5.75 Å². The first-order chi connectivity index (χ1) is 13.8. The van der Waals surface area contributed by atoms with E-state index in [-0.39, 0.29) is 10.8 Å². The predicted molar refractivity (Wildman–Crippen MR) is 114 cm³/mol. The Kier molecular flexibility index (Phi) is 6.41. The summed E-state index contributed by atoms with van der Waals surface area (Å²) >= 11 is 5.91. The second kappa shape index (κ2) is 8.98. The van der Waals surface area contributed by atoms with Crippen molar-refractivity contribution in [2.24, 2.45) is 0 Å². The molecule has 0 fully saturated rings. The van der Waals surface area contributed by atoms with Crippen LogP contribution in [-0.4, -0.2) is 20.4 Å². The first-order valence-electron chi connectivity index (χ1n) is 8.74. The fourth-order valence-corrected chi connectivity index (χ4v) is 3.72. The van der Waals surface area contributed by atoms with Gasteiger partial charge in [0.15, 0.2) is 6.10 Å². The Balaban J connectivity index is 1.63. The molecule has 8 heteroatoms. The monoisotopic (exact) mass is 430 g/mol. The standard InChI is InChI=1S/C21H19ClN2O4S/c1-15(28-19-9-5-6-16(22)14-19)21(25)23-17-10-12-20(13-11-17)29(26,27)24-18-7-3-2-4-8-18/h2-15,24H,1H3,(H,23,25)/t15-/m1/s1. The van der Waals surface area contributed by atoms with Gasteiger partial charge in [0, 0.05) is 16.4 Å². The summed E-state index contributed by atoms with van der Waals surface area (Å²) in [5, 5.41) is 3.20. The molecule has 0 aromatic heterocycles. The summed E-state index contributed by atoms with van der Waals surface area (Å²) in [5.74, 6) is 0.108. The van der Waals surface area contributed by atoms with Crippen LogP contribution in [0.4, 0.5) is 11.4 Å². The number of amides is 1. The van der Waals surface area contributed by atoms with Crippen molar-refractivity contribution < 1.29 is 17.9 Å². The van der Waals surface area contributed by atoms with Crippen LogP contribution in [-0.2, 0) is 14.8 Å². The van der Waals surface area contributed by atoms with Gasteiger partial charge >= 0.3 is 0 Å². The molecule has 3 aromatic carbocycles. The maximum Gasteiger partial charge on any atom is 0.265 e. The molecule has 150 valence electrons. The first-order valence-corrected chi connectivity index (χ1v) is 10.6. The Hall–Kier alpha value is -3.03. The SMILES string of the molecule is C[C@@H](Oc1cccc(Cl)c1)C(=O)Nc1ccc(S(=O)(=O)Nc2ccccc2)cc1. The van der Waals surface area contributed by atoms with Crippen LogP contribution >= 0.6 is 11.6 Å². The normalized spacial score (nSPS) is 12.1. The lowest BCUT2D eigenvalue weighted by molar-refractivity contribution is -0.122. The van der Waals surface area contributed by atoms with Gasteiger partial charge in [-0.2, -0.15) is 0 Å². The maximum atomic E-state index is 12.4. The zero-order chi connectivity index (χ0) is 20.9. The zero-order valence-corrected chi connectivity index (χ0v) is 17.1. The fourth-order valence-electron chi connectivity index (χ4n) is 2.48. The van der Waals surface area contributed by atoms with Crippen LogP contribution in [0.3, 0.4) is 0 Å². The first kappa shape index (κ1) is 20.7. The molecule has 0 aliphatic rings. The van der Waals surface area contributed by atoms with Crippen molar-refractivity contribution in [2.45, 2.75) is 17.9 Å². The largest absolute Gasteiger partial charge is 0.481 e. The van der Waals surface area contributed by atoms with Gasteiger partial charge in [-0.15, -0.1) is 0 Å². The minimum Gasteiger partial charge on any atom is -0.481 e. The van der Waals surface area contributed by atoms with Crippen molar-refractivity contribution >= 4 is 38.9 Å². The van der Waals surface area contributed by atoms with E-state index >= 15 is 0 Å². The second-order valence-corrected chi connectivity index (χ2v) is 8.32. The summed E-state index contributed by atoms with van der Waals surface area (Å²) in [6.45, 7) is 1.61. The van der Waals surface area contributed by atoms with Crippen molar-refractivity contribution in [1.29, 1.82) is 0 Å². The average Bonchev–Trinajstić information content (AvgIpc) is 2.69. The highest BCUT2D eigenvalue weighted by Gasteiger charge is 2.17. The molecule has 3 rings (SSSR count). The van der Waals surface area contributed by atoms with E-state index in [0.717, 1.165) is 0 Å². The Bertz CT molecular complexity index is 1090. The lowest BCUT2D eigenvalue weighted by Crippen LogP contribution is -2.30. The maximum absolute atomic E-state index is 12.4. The van der Waals surface area contributed by atoms with Gasteiger partial charge in [-0.05, 0) is 61.5 Å². The van der Waals surface area contributed by atoms with Crippen molar-refractivity contribution in [1.82, 2.24) is 0 Å². The predicted octanol–water partition coefficient (Wildman–Crippen LogP) is 4.55. The molecule has 0 bridgehead atoms. The number of carbonyl (C=O) groups is 1. The molecule has 6 nitrogen and oxygen atoms in total. The molecule has 3 aromatic rings. The summed E-state index contributed by atoms with van der Waals surface area (Å²) in [7, 11) is -3.72. The molecule has 0 heterocycles. The summed E-state index contributed by atoms with van der Waals surface area (Å²) in [5.41, 5.74) is 0.923. The molecular formula is C21H19ClN2O4S. The molecule has 0 aliphatic carbocycles. The minimum absolute atomic E-state index is 0.0857. The summed E-state index contributed by atoms with van der Waals surface area (Å²) < 4.78 is 33.0. The third-order valence-corrected chi connectivity index (χ3v) is 5.57. The number of nitrogens with one attached hydrogen (secondary N) is 2. The average molecular weight is 431 g/mol. The van der Waals surface area contributed by atoms with E-state index in [0.29, 0.717) is 22.1 Å². The molecule has 0 saturated carbocycles. The third kappa shape index (κ3) is 5.73. The number of halogens is 1. The van der Waals surface area contributed by atoms with Gasteiger partial charge in [-0.25, -0.2) is 8.42 Å². The number of benzene rings is 3. The highest BCUT2D eigenvalue weighted by atomic mass is 35.5. The van der Waals surface area contributed by atoms with Crippen molar-refractivity contribution in [3.63, 3.8) is 0 Å². The molecule has 0 radical (unpaired) electrons. The Morgan fingerprint density at radius 3 is 2.28 bits per heavy atom. The van der Waals surface area contributed by atoms with Crippen LogP contribution in [0.15, 0.2) is 83.8 Å². The van der Waals surface area contributed by atoms with Crippen LogP contribution in [0.1, 0.15) is 6.92 Å². The topological polar surface area (TPSA) is 84.5 Å². The van der Waals surface area contributed by atoms with E-state index in [2.05, 4.69) is 10.0 Å². The van der Waals surface area contributed by atoms with E-state index in [1.165, 1.54) is 24.3 Å². The molecule has 0 aliphatic heterocycles. The molecule has 2 N–H and O–H groups in total. The van der Waals surface area contributed by atoms with Crippen LogP contribution in [0, 0.1) is 0 Å². The second-order valence-electron chi connectivity index (χ2n) is 6.20. The van der Waals surface area contributed by atoms with Gasteiger partial charge in [0.05, 0.1) is 4.90 Å². The molecule has 0 spiro atoms. The third-order valence-electron chi connectivity index (χ3n) is 3.94. The van der Waals surface area contributed by atoms with Gasteiger partial charge in [0.1, 0.15) is 5.75 Å². The lowest BCUT2D eigenvalue weighted by Gasteiger charge is -2.15. The Labute approximate surface area is 174 Å². The summed E-state index contributed by atoms with van der Waals surface area (Å²) in [4.78, 5) is 12.4. The highest BCUT2D eigenvalue weighted by molar-refractivity contribution is 7.92. The van der Waals surface area contributed by atoms with Gasteiger partial charge in [0.25, 0.3) is 15.9 Å². The number of para-hydroxylation sites is 1. The van der Waals surface area contributed by atoms with E-state index in [4.69, 9.17) is 16.3 Å². The highest BCUT2D eigenvalue weighted by Crippen LogP contribution is 2.20. The van der Waals surface area contributed by atoms with Crippen molar-refractivity contribution in [2.75, 3.05) is 10.0 Å². The number of rotatable bonds is 7. The van der Waals surface area contributed by atoms with Crippen LogP contribution in [0.25, 0.3) is 0 Å². The summed E-state index contributed by atoms with van der Waals surface area (Å²) in [6, 6.07) is 21.2. The number of hydrogen-bond donors (Lipinski definition) is 2. The molecule has 1 atom stereocenters. The fraction of sp³-hybridized carbons (Fsp3) is 0.0952. The number of ether oxygens (including phenoxy) is 1. The van der Waals surface area contributed by atoms with Gasteiger partial charge in [0.2, 0.25) is 0 Å². The number of hydrogen-bond acceptors (Lipinski definition) is 4. The van der Waals surface area contributed by atoms with Crippen LogP contribution in [0.2, 0.25) is 5.02 Å². The minimum atomic E-state index is -3.72. The number of sulfonamides is 1. The molecule has 1 amide bonds.